The number of rotatable bonds is 4. The second-order valence-corrected chi connectivity index (χ2v) is 8.95. The number of aliphatic hydroxyl groups excluding tert-OH is 1. The van der Waals surface area contributed by atoms with Crippen molar-refractivity contribution in [2.75, 3.05) is 10.0 Å². The van der Waals surface area contributed by atoms with Crippen LogP contribution in [0.25, 0.3) is 0 Å². The Bertz CT molecular complexity index is 878. The van der Waals surface area contributed by atoms with Crippen molar-refractivity contribution >= 4 is 22.4 Å². The second kappa shape index (κ2) is 5.82. The summed E-state index contributed by atoms with van der Waals surface area (Å²) in [6, 6.07) is 7.10. The Kier molecular flexibility index (Phi) is 4.09. The van der Waals surface area contributed by atoms with Crippen LogP contribution in [-0.4, -0.2) is 20.2 Å². The van der Waals surface area contributed by atoms with E-state index in [0.717, 1.165) is 11.1 Å². The number of fused-ring (bicyclic) bond motifs is 1. The van der Waals surface area contributed by atoms with Crippen LogP contribution in [0, 0.1) is 0 Å². The molecule has 0 amide bonds. The quantitative estimate of drug-likeness (QED) is 0.722. The molecular weight excluding hydrogens is 328 g/mol. The van der Waals surface area contributed by atoms with Gasteiger partial charge in [0, 0.05) is 6.42 Å². The van der Waals surface area contributed by atoms with Crippen LogP contribution < -0.4 is 20.9 Å². The molecule has 1 unspecified atom stereocenters. The molecule has 0 heterocycles. The van der Waals surface area contributed by atoms with Gasteiger partial charge in [-0.05, 0) is 31.9 Å². The molecule has 0 radical (unpaired) electrons. The van der Waals surface area contributed by atoms with Gasteiger partial charge in [-0.25, -0.2) is 4.21 Å². The minimum absolute atomic E-state index is 0.0323. The zero-order valence-corrected chi connectivity index (χ0v) is 14.6. The minimum Gasteiger partial charge on any atom is -0.390 e. The lowest BCUT2D eigenvalue weighted by molar-refractivity contribution is 0.166. The number of anilines is 2. The van der Waals surface area contributed by atoms with Gasteiger partial charge >= 0.3 is 0 Å². The first-order valence-electron chi connectivity index (χ1n) is 7.74. The van der Waals surface area contributed by atoms with Gasteiger partial charge in [-0.15, -0.1) is 0 Å². The summed E-state index contributed by atoms with van der Waals surface area (Å²) in [7, 11) is -1.51. The molecule has 128 valence electrons. The van der Waals surface area contributed by atoms with Crippen molar-refractivity contribution in [1.82, 2.24) is 0 Å². The Hall–Kier alpha value is -1.99. The highest BCUT2D eigenvalue weighted by Gasteiger charge is 2.34. The maximum atomic E-state index is 12.2. The maximum Gasteiger partial charge on any atom is 0.254 e. The minimum atomic E-state index is -1.51. The molecule has 0 saturated heterocycles. The molecule has 0 aliphatic heterocycles. The first-order chi connectivity index (χ1) is 11.2. The molecule has 0 spiro atoms. The zero-order valence-electron chi connectivity index (χ0n) is 13.8. The lowest BCUT2D eigenvalue weighted by Gasteiger charge is -2.24. The molecule has 2 aromatic carbocycles. The molecule has 6 nitrogen and oxygen atoms in total. The molecule has 0 fully saturated rings. The highest BCUT2D eigenvalue weighted by Crippen LogP contribution is 2.35. The van der Waals surface area contributed by atoms with Crippen LogP contribution in [0.5, 0.6) is 0 Å². The van der Waals surface area contributed by atoms with Gasteiger partial charge in [0.1, 0.15) is 22.4 Å². The number of hydrogen-bond acceptors (Lipinski definition) is 5. The predicted molar refractivity (Wildman–Crippen MR) is 95.4 cm³/mol. The van der Waals surface area contributed by atoms with Crippen molar-refractivity contribution in [1.29, 1.82) is 0 Å². The number of benzene rings is 1. The van der Waals surface area contributed by atoms with Crippen LogP contribution in [0.3, 0.4) is 0 Å². The van der Waals surface area contributed by atoms with Crippen molar-refractivity contribution in [2.45, 2.75) is 44.1 Å². The normalized spacial score (nSPS) is 21.5. The number of nitrogens with one attached hydrogen (secondary N) is 2. The van der Waals surface area contributed by atoms with Crippen molar-refractivity contribution < 1.29 is 9.32 Å². The van der Waals surface area contributed by atoms with Gasteiger partial charge in [0.25, 0.3) is 10.9 Å². The largest absolute Gasteiger partial charge is 0.390 e. The third-order valence-electron chi connectivity index (χ3n) is 4.17. The standard InChI is InChI=1S/C17H20N2O4S/c1-17(2,3)24(23)19-14-13(15(21)16(14)22)18-12-10-7-5-4-6-9(10)8-11(12)20/h4-7,11-12,18-20H,8H2,1-3H3/t11-,12+,24?/m0/s1. The van der Waals surface area contributed by atoms with E-state index in [1.54, 1.807) is 20.8 Å². The van der Waals surface area contributed by atoms with Gasteiger partial charge < -0.3 is 10.4 Å². The predicted octanol–water partition coefficient (Wildman–Crippen LogP) is 1.23. The lowest BCUT2D eigenvalue weighted by Crippen LogP contribution is -2.41. The first-order valence-corrected chi connectivity index (χ1v) is 8.89. The fourth-order valence-corrected chi connectivity index (χ4v) is 3.46. The smallest absolute Gasteiger partial charge is 0.254 e. The average Bonchev–Trinajstić information content (AvgIpc) is 2.84. The zero-order chi connectivity index (χ0) is 17.6. The number of aliphatic hydroxyl groups is 1. The van der Waals surface area contributed by atoms with Crippen LogP contribution in [0.2, 0.25) is 0 Å². The molecule has 24 heavy (non-hydrogen) atoms. The monoisotopic (exact) mass is 348 g/mol. The number of hydrogen-bond donors (Lipinski definition) is 3. The Balaban J connectivity index is 1.87. The van der Waals surface area contributed by atoms with Crippen LogP contribution in [-0.2, 0) is 17.4 Å². The Morgan fingerprint density at radius 2 is 1.75 bits per heavy atom. The summed E-state index contributed by atoms with van der Waals surface area (Å²) in [5, 5.41) is 13.2. The van der Waals surface area contributed by atoms with E-state index in [0.29, 0.717) is 6.42 Å². The summed E-state index contributed by atoms with van der Waals surface area (Å²) in [6.45, 7) is 5.31. The fourth-order valence-electron chi connectivity index (χ4n) is 2.78. The maximum absolute atomic E-state index is 12.2. The highest BCUT2D eigenvalue weighted by molar-refractivity contribution is 7.87. The molecule has 3 N–H and O–H groups in total. The SMILES string of the molecule is CC(C)(C)S(=O)Nc1c(N[C@@H]2c3ccccc3C[C@@H]2O)c(=O)c1=O. The van der Waals surface area contributed by atoms with E-state index >= 15 is 0 Å². The molecule has 7 heteroatoms. The molecule has 0 saturated carbocycles. The van der Waals surface area contributed by atoms with E-state index in [4.69, 9.17) is 0 Å². The van der Waals surface area contributed by atoms with Gasteiger partial charge in [0.2, 0.25) is 0 Å². The van der Waals surface area contributed by atoms with Gasteiger partial charge in [-0.3, -0.25) is 14.3 Å². The van der Waals surface area contributed by atoms with E-state index in [1.165, 1.54) is 0 Å². The van der Waals surface area contributed by atoms with E-state index in [-0.39, 0.29) is 11.4 Å². The molecule has 1 aliphatic carbocycles. The molecule has 0 bridgehead atoms. The summed E-state index contributed by atoms with van der Waals surface area (Å²) >= 11 is 0. The Labute approximate surface area is 142 Å². The van der Waals surface area contributed by atoms with E-state index in [2.05, 4.69) is 10.0 Å². The molecule has 3 rings (SSSR count). The topological polar surface area (TPSA) is 95.5 Å². The van der Waals surface area contributed by atoms with Crippen molar-refractivity contribution in [3.8, 4) is 0 Å². The Morgan fingerprint density at radius 3 is 2.42 bits per heavy atom. The lowest BCUT2D eigenvalue weighted by atomic mass is 10.1. The van der Waals surface area contributed by atoms with Crippen LogP contribution >= 0.6 is 0 Å². The molecule has 1 aliphatic rings. The van der Waals surface area contributed by atoms with Crippen molar-refractivity contribution in [2.24, 2.45) is 0 Å². The highest BCUT2D eigenvalue weighted by atomic mass is 32.2. The van der Waals surface area contributed by atoms with Crippen molar-refractivity contribution in [3.05, 3.63) is 55.8 Å². The fraction of sp³-hybridized carbons (Fsp3) is 0.412. The van der Waals surface area contributed by atoms with Crippen LogP contribution in [0.1, 0.15) is 37.9 Å². The van der Waals surface area contributed by atoms with Gasteiger partial charge in [0.15, 0.2) is 0 Å². The summed E-state index contributed by atoms with van der Waals surface area (Å²) in [5.74, 6) is 0. The van der Waals surface area contributed by atoms with Crippen LogP contribution in [0.4, 0.5) is 11.4 Å². The average molecular weight is 348 g/mol. The summed E-state index contributed by atoms with van der Waals surface area (Å²) < 4.78 is 14.3. The molecular formula is C17H20N2O4S. The molecule has 2 aromatic rings. The van der Waals surface area contributed by atoms with Gasteiger partial charge in [-0.1, -0.05) is 24.3 Å². The van der Waals surface area contributed by atoms with E-state index in [9.17, 15) is 18.9 Å². The van der Waals surface area contributed by atoms with Crippen molar-refractivity contribution in [3.63, 3.8) is 0 Å². The summed E-state index contributed by atoms with van der Waals surface area (Å²) in [5.41, 5.74) is 0.703. The third kappa shape index (κ3) is 2.78. The molecule has 3 atom stereocenters. The third-order valence-corrected chi connectivity index (χ3v) is 5.67. The Morgan fingerprint density at radius 1 is 1.12 bits per heavy atom. The van der Waals surface area contributed by atoms with Gasteiger partial charge in [-0.2, -0.15) is 0 Å². The molecule has 0 aromatic heterocycles. The summed E-state index contributed by atoms with van der Waals surface area (Å²) in [6.07, 6.45) is -0.201. The van der Waals surface area contributed by atoms with E-state index in [1.807, 2.05) is 24.3 Å². The van der Waals surface area contributed by atoms with Crippen LogP contribution in [0.15, 0.2) is 33.9 Å². The second-order valence-electron chi connectivity index (χ2n) is 6.98. The van der Waals surface area contributed by atoms with E-state index < -0.39 is 38.7 Å². The summed E-state index contributed by atoms with van der Waals surface area (Å²) in [4.78, 5) is 23.7. The first kappa shape index (κ1) is 16.9. The van der Waals surface area contributed by atoms with Gasteiger partial charge in [0.05, 0.1) is 16.9 Å².